The maximum Gasteiger partial charge on any atom is 0.175 e. The molecule has 0 aliphatic heterocycles. The second-order valence-corrected chi connectivity index (χ2v) is 5.81. The molecule has 0 saturated heterocycles. The lowest BCUT2D eigenvalue weighted by Gasteiger charge is -2.08. The first-order valence-corrected chi connectivity index (χ1v) is 7.75. The van der Waals surface area contributed by atoms with E-state index in [1.54, 1.807) is 27.8 Å². The molecule has 0 fully saturated rings. The second kappa shape index (κ2) is 6.79. The Labute approximate surface area is 144 Å². The van der Waals surface area contributed by atoms with E-state index in [1.807, 2.05) is 26.2 Å². The molecule has 2 N–H and O–H groups in total. The number of hydrogen-bond donors (Lipinski definition) is 2. The van der Waals surface area contributed by atoms with Gasteiger partial charge in [-0.25, -0.2) is 4.39 Å². The van der Waals surface area contributed by atoms with Crippen molar-refractivity contribution in [1.82, 2.24) is 19.6 Å². The summed E-state index contributed by atoms with van der Waals surface area (Å²) >= 11 is 5.30. The van der Waals surface area contributed by atoms with Gasteiger partial charge < -0.3 is 10.6 Å². The zero-order chi connectivity index (χ0) is 17.1. The van der Waals surface area contributed by atoms with E-state index in [1.165, 1.54) is 12.1 Å². The highest BCUT2D eigenvalue weighted by atomic mass is 32.1. The summed E-state index contributed by atoms with van der Waals surface area (Å²) in [4.78, 5) is 0. The second-order valence-electron chi connectivity index (χ2n) is 5.40. The van der Waals surface area contributed by atoms with Gasteiger partial charge in [-0.05, 0) is 36.8 Å². The molecule has 3 rings (SSSR count). The Bertz CT molecular complexity index is 869. The number of aryl methyl sites for hydroxylation is 1. The number of nitrogens with zero attached hydrogens (tertiary/aromatic N) is 4. The van der Waals surface area contributed by atoms with Gasteiger partial charge in [0.2, 0.25) is 0 Å². The zero-order valence-electron chi connectivity index (χ0n) is 13.3. The lowest BCUT2D eigenvalue weighted by molar-refractivity contribution is 0.619. The molecule has 0 unspecified atom stereocenters. The van der Waals surface area contributed by atoms with E-state index >= 15 is 0 Å². The zero-order valence-corrected chi connectivity index (χ0v) is 14.1. The van der Waals surface area contributed by atoms with Crippen molar-refractivity contribution < 1.29 is 4.39 Å². The van der Waals surface area contributed by atoms with Crippen molar-refractivity contribution in [3.63, 3.8) is 0 Å². The fourth-order valence-corrected chi connectivity index (χ4v) is 2.47. The number of thiocarbonyl (C=S) groups is 1. The minimum Gasteiger partial charge on any atom is -0.330 e. The molecule has 0 radical (unpaired) electrons. The van der Waals surface area contributed by atoms with Crippen LogP contribution in [0.2, 0.25) is 0 Å². The summed E-state index contributed by atoms with van der Waals surface area (Å²) in [5.74, 6) is -0.254. The molecule has 0 amide bonds. The molecule has 2 aromatic heterocycles. The Morgan fingerprint density at radius 2 is 2.08 bits per heavy atom. The average Bonchev–Trinajstić information content (AvgIpc) is 3.09. The molecule has 1 aromatic carbocycles. The number of nitrogens with one attached hydrogen (secondary N) is 2. The number of hydrogen-bond acceptors (Lipinski definition) is 3. The van der Waals surface area contributed by atoms with Crippen molar-refractivity contribution in [2.75, 3.05) is 10.6 Å². The van der Waals surface area contributed by atoms with E-state index in [-0.39, 0.29) is 5.82 Å². The monoisotopic (exact) mass is 344 g/mol. The first kappa shape index (κ1) is 16.1. The Kier molecular flexibility index (Phi) is 4.57. The van der Waals surface area contributed by atoms with E-state index < -0.39 is 0 Å². The van der Waals surface area contributed by atoms with Crippen molar-refractivity contribution in [1.29, 1.82) is 0 Å². The Morgan fingerprint density at radius 1 is 1.25 bits per heavy atom. The van der Waals surface area contributed by atoms with Crippen molar-refractivity contribution >= 4 is 28.7 Å². The van der Waals surface area contributed by atoms with Gasteiger partial charge >= 0.3 is 0 Å². The number of halogens is 1. The standard InChI is InChI=1S/C16H17FN6S/c1-11-15(8-18-22(11)2)21-16(24)20-14-7-19-23(10-14)9-12-4-3-5-13(17)6-12/h3-8,10H,9H2,1-2H3,(H2,20,21,24). The van der Waals surface area contributed by atoms with Gasteiger partial charge in [-0.15, -0.1) is 0 Å². The van der Waals surface area contributed by atoms with E-state index in [4.69, 9.17) is 12.2 Å². The minimum atomic E-state index is -0.254. The molecule has 3 aromatic rings. The predicted octanol–water partition coefficient (Wildman–Crippen LogP) is 2.92. The summed E-state index contributed by atoms with van der Waals surface area (Å²) in [5.41, 5.74) is 3.44. The highest BCUT2D eigenvalue weighted by Crippen LogP contribution is 2.14. The summed E-state index contributed by atoms with van der Waals surface area (Å²) in [6.07, 6.45) is 5.20. The largest absolute Gasteiger partial charge is 0.330 e. The fourth-order valence-electron chi connectivity index (χ4n) is 2.24. The van der Waals surface area contributed by atoms with Gasteiger partial charge in [0.1, 0.15) is 5.82 Å². The van der Waals surface area contributed by atoms with Crippen LogP contribution in [0.25, 0.3) is 0 Å². The maximum atomic E-state index is 13.2. The van der Waals surface area contributed by atoms with Gasteiger partial charge in [0.15, 0.2) is 5.11 Å². The summed E-state index contributed by atoms with van der Waals surface area (Å²) < 4.78 is 16.7. The van der Waals surface area contributed by atoms with E-state index in [0.29, 0.717) is 11.7 Å². The highest BCUT2D eigenvalue weighted by molar-refractivity contribution is 7.80. The lowest BCUT2D eigenvalue weighted by Crippen LogP contribution is -2.19. The normalized spacial score (nSPS) is 10.6. The van der Waals surface area contributed by atoms with Crippen LogP contribution in [0.3, 0.4) is 0 Å². The molecule has 8 heteroatoms. The summed E-state index contributed by atoms with van der Waals surface area (Å²) in [6, 6.07) is 6.45. The van der Waals surface area contributed by atoms with Gasteiger partial charge in [-0.3, -0.25) is 9.36 Å². The number of benzene rings is 1. The molecule has 2 heterocycles. The van der Waals surface area contributed by atoms with Gasteiger partial charge in [0.25, 0.3) is 0 Å². The molecule has 0 atom stereocenters. The Hall–Kier alpha value is -2.74. The fraction of sp³-hybridized carbons (Fsp3) is 0.188. The van der Waals surface area contributed by atoms with Crippen LogP contribution in [0, 0.1) is 12.7 Å². The Morgan fingerprint density at radius 3 is 2.79 bits per heavy atom. The molecule has 0 aliphatic rings. The third-order valence-corrected chi connectivity index (χ3v) is 3.81. The van der Waals surface area contributed by atoms with E-state index in [9.17, 15) is 4.39 Å². The quantitative estimate of drug-likeness (QED) is 0.713. The molecular weight excluding hydrogens is 327 g/mol. The molecule has 0 spiro atoms. The van der Waals surface area contributed by atoms with Crippen LogP contribution in [0.15, 0.2) is 42.9 Å². The maximum absolute atomic E-state index is 13.2. The van der Waals surface area contributed by atoms with Gasteiger partial charge in [-0.2, -0.15) is 10.2 Å². The van der Waals surface area contributed by atoms with Gasteiger partial charge in [0.05, 0.1) is 36.0 Å². The van der Waals surface area contributed by atoms with Crippen LogP contribution in [0.5, 0.6) is 0 Å². The van der Waals surface area contributed by atoms with E-state index in [2.05, 4.69) is 20.8 Å². The van der Waals surface area contributed by atoms with Crippen molar-refractivity contribution in [2.45, 2.75) is 13.5 Å². The van der Waals surface area contributed by atoms with Crippen molar-refractivity contribution in [3.8, 4) is 0 Å². The molecule has 124 valence electrons. The summed E-state index contributed by atoms with van der Waals surface area (Å²) in [6.45, 7) is 2.44. The molecule has 0 bridgehead atoms. The molecule has 24 heavy (non-hydrogen) atoms. The first-order valence-electron chi connectivity index (χ1n) is 7.35. The van der Waals surface area contributed by atoms with Crippen LogP contribution in [-0.4, -0.2) is 24.7 Å². The van der Waals surface area contributed by atoms with Crippen LogP contribution in [-0.2, 0) is 13.6 Å². The smallest absolute Gasteiger partial charge is 0.175 e. The summed E-state index contributed by atoms with van der Waals surface area (Å²) in [7, 11) is 1.87. The molecule has 6 nitrogen and oxygen atoms in total. The Balaban J connectivity index is 1.61. The van der Waals surface area contributed by atoms with Gasteiger partial charge in [0, 0.05) is 13.2 Å². The van der Waals surface area contributed by atoms with E-state index in [0.717, 1.165) is 22.6 Å². The van der Waals surface area contributed by atoms with Crippen molar-refractivity contribution in [3.05, 3.63) is 59.9 Å². The lowest BCUT2D eigenvalue weighted by atomic mass is 10.2. The van der Waals surface area contributed by atoms with Gasteiger partial charge in [-0.1, -0.05) is 12.1 Å². The number of rotatable bonds is 4. The van der Waals surface area contributed by atoms with Crippen LogP contribution < -0.4 is 10.6 Å². The molecule has 0 saturated carbocycles. The van der Waals surface area contributed by atoms with Crippen LogP contribution in [0.4, 0.5) is 15.8 Å². The third kappa shape index (κ3) is 3.77. The molecular formula is C16H17FN6S. The SMILES string of the molecule is Cc1c(NC(=S)Nc2cnn(Cc3cccc(F)c3)c2)cnn1C. The topological polar surface area (TPSA) is 59.7 Å². The predicted molar refractivity (Wildman–Crippen MR) is 95.5 cm³/mol. The molecule has 0 aliphatic carbocycles. The minimum absolute atomic E-state index is 0.254. The third-order valence-electron chi connectivity index (χ3n) is 3.61. The average molecular weight is 344 g/mol. The highest BCUT2D eigenvalue weighted by Gasteiger charge is 2.07. The van der Waals surface area contributed by atoms with Crippen LogP contribution in [0.1, 0.15) is 11.3 Å². The number of aromatic nitrogens is 4. The summed E-state index contributed by atoms with van der Waals surface area (Å²) in [5, 5.41) is 15.0. The van der Waals surface area contributed by atoms with Crippen LogP contribution >= 0.6 is 12.2 Å². The van der Waals surface area contributed by atoms with Crippen molar-refractivity contribution in [2.24, 2.45) is 7.05 Å². The first-order chi connectivity index (χ1) is 11.5. The number of anilines is 2.